The zero-order valence-electron chi connectivity index (χ0n) is 11.6. The summed E-state index contributed by atoms with van der Waals surface area (Å²) in [7, 11) is -3.93. The van der Waals surface area contributed by atoms with Gasteiger partial charge >= 0.3 is 0 Å². The normalized spacial score (nSPS) is 11.8. The molecular formula is C14H11F2N3O2S2. The van der Waals surface area contributed by atoms with Crippen LogP contribution < -0.4 is 4.83 Å². The molecule has 23 heavy (non-hydrogen) atoms. The Morgan fingerprint density at radius 3 is 2.48 bits per heavy atom. The van der Waals surface area contributed by atoms with Crippen LogP contribution in [0.3, 0.4) is 0 Å². The molecule has 0 fully saturated rings. The molecule has 0 bridgehead atoms. The average Bonchev–Trinajstić information content (AvgIpc) is 3.17. The van der Waals surface area contributed by atoms with Gasteiger partial charge in [-0.05, 0) is 29.6 Å². The van der Waals surface area contributed by atoms with Gasteiger partial charge in [0.2, 0.25) is 0 Å². The van der Waals surface area contributed by atoms with Gasteiger partial charge in [-0.2, -0.15) is 23.1 Å². The average molecular weight is 355 g/mol. The summed E-state index contributed by atoms with van der Waals surface area (Å²) in [6.07, 6.45) is -2.80. The monoisotopic (exact) mass is 355 g/mol. The number of nitrogens with one attached hydrogen (secondary N) is 1. The van der Waals surface area contributed by atoms with Crippen LogP contribution in [0.15, 0.2) is 58.8 Å². The molecule has 1 aromatic carbocycles. The topological polar surface area (TPSA) is 64.0 Å². The predicted molar refractivity (Wildman–Crippen MR) is 83.5 cm³/mol. The van der Waals surface area contributed by atoms with Gasteiger partial charge in [0.1, 0.15) is 11.4 Å². The Labute approximate surface area is 135 Å². The van der Waals surface area contributed by atoms with Crippen molar-refractivity contribution in [2.75, 3.05) is 4.83 Å². The first-order chi connectivity index (χ1) is 11.0. The van der Waals surface area contributed by atoms with Gasteiger partial charge in [0.25, 0.3) is 16.4 Å². The van der Waals surface area contributed by atoms with E-state index in [1.807, 2.05) is 0 Å². The molecule has 5 nitrogen and oxygen atoms in total. The van der Waals surface area contributed by atoms with Crippen molar-refractivity contribution >= 4 is 21.4 Å². The van der Waals surface area contributed by atoms with E-state index in [1.54, 1.807) is 35.7 Å². The minimum absolute atomic E-state index is 0.0197. The van der Waals surface area contributed by atoms with Gasteiger partial charge in [-0.15, -0.1) is 11.3 Å². The zero-order valence-corrected chi connectivity index (χ0v) is 13.2. The second-order valence-electron chi connectivity index (χ2n) is 4.55. The van der Waals surface area contributed by atoms with E-state index in [0.717, 1.165) is 4.79 Å². The van der Waals surface area contributed by atoms with E-state index in [-0.39, 0.29) is 10.6 Å². The minimum atomic E-state index is -3.93. The number of nitrogens with zero attached hydrogens (tertiary/aromatic N) is 2. The summed E-state index contributed by atoms with van der Waals surface area (Å²) in [5.74, 6) is 0. The molecule has 0 atom stereocenters. The molecule has 1 N–H and O–H groups in total. The fraction of sp³-hybridized carbons (Fsp3) is 0.0714. The number of hydrogen-bond acceptors (Lipinski definition) is 4. The maximum atomic E-state index is 12.9. The number of alkyl halides is 2. The van der Waals surface area contributed by atoms with Gasteiger partial charge in [-0.25, -0.2) is 8.78 Å². The zero-order chi connectivity index (χ0) is 16.4. The van der Waals surface area contributed by atoms with Gasteiger partial charge in [-0.3, -0.25) is 0 Å². The lowest BCUT2D eigenvalue weighted by Crippen LogP contribution is -2.25. The lowest BCUT2D eigenvalue weighted by atomic mass is 10.3. The first-order valence-corrected chi connectivity index (χ1v) is 8.83. The Balaban J connectivity index is 2.03. The highest BCUT2D eigenvalue weighted by molar-refractivity contribution is 7.92. The molecule has 9 heteroatoms. The van der Waals surface area contributed by atoms with Gasteiger partial charge < -0.3 is 0 Å². The van der Waals surface area contributed by atoms with Crippen LogP contribution >= 0.6 is 11.3 Å². The molecule has 0 saturated heterocycles. The third-order valence-corrected chi connectivity index (χ3v) is 5.18. The Bertz CT molecular complexity index is 892. The molecule has 0 spiro atoms. The Hall–Kier alpha value is -2.26. The van der Waals surface area contributed by atoms with Crippen molar-refractivity contribution in [3.8, 4) is 10.6 Å². The molecule has 2 aromatic heterocycles. The number of halogens is 2. The molecule has 0 unspecified atom stereocenters. The maximum absolute atomic E-state index is 12.9. The van der Waals surface area contributed by atoms with Crippen LogP contribution in [-0.4, -0.2) is 18.3 Å². The van der Waals surface area contributed by atoms with E-state index in [1.165, 1.54) is 29.5 Å². The standard InChI is InChI=1S/C14H11F2N3O2S2/c15-14(16)11-9-12(13-7-4-8-22-13)19(17-11)18-23(20,21)10-5-2-1-3-6-10/h1-9,14,18H. The van der Waals surface area contributed by atoms with Gasteiger partial charge in [0.15, 0.2) is 0 Å². The van der Waals surface area contributed by atoms with Crippen LogP contribution in [0.4, 0.5) is 8.78 Å². The van der Waals surface area contributed by atoms with Gasteiger partial charge in [-0.1, -0.05) is 24.3 Å². The summed E-state index contributed by atoms with van der Waals surface area (Å²) >= 11 is 1.30. The summed E-state index contributed by atoms with van der Waals surface area (Å²) in [5, 5.41) is 5.42. The van der Waals surface area contributed by atoms with Crippen molar-refractivity contribution in [2.24, 2.45) is 0 Å². The maximum Gasteiger partial charge on any atom is 0.282 e. The number of sulfonamides is 1. The minimum Gasteiger partial charge on any atom is -0.203 e. The van der Waals surface area contributed by atoms with Crippen LogP contribution in [0.25, 0.3) is 10.6 Å². The van der Waals surface area contributed by atoms with E-state index in [2.05, 4.69) is 9.93 Å². The molecule has 3 rings (SSSR count). The van der Waals surface area contributed by atoms with Crippen molar-refractivity contribution in [1.82, 2.24) is 9.89 Å². The Kier molecular flexibility index (Phi) is 4.14. The molecule has 2 heterocycles. The van der Waals surface area contributed by atoms with Crippen LogP contribution in [-0.2, 0) is 10.0 Å². The van der Waals surface area contributed by atoms with Crippen LogP contribution in [0.1, 0.15) is 12.1 Å². The van der Waals surface area contributed by atoms with E-state index >= 15 is 0 Å². The summed E-state index contributed by atoms with van der Waals surface area (Å²) in [6, 6.07) is 12.2. The lowest BCUT2D eigenvalue weighted by Gasteiger charge is -2.10. The third kappa shape index (κ3) is 3.25. The smallest absolute Gasteiger partial charge is 0.203 e. The highest BCUT2D eigenvalue weighted by Crippen LogP contribution is 2.28. The first kappa shape index (κ1) is 15.6. The summed E-state index contributed by atoms with van der Waals surface area (Å²) in [6.45, 7) is 0. The number of benzene rings is 1. The first-order valence-electron chi connectivity index (χ1n) is 6.47. The number of thiophene rings is 1. The molecule has 0 amide bonds. The van der Waals surface area contributed by atoms with Crippen LogP contribution in [0, 0.1) is 0 Å². The Morgan fingerprint density at radius 2 is 1.87 bits per heavy atom. The molecule has 0 saturated carbocycles. The predicted octanol–water partition coefficient (Wildman–Crippen LogP) is 3.48. The SMILES string of the molecule is O=S(=O)(Nn1nc(C(F)F)cc1-c1cccs1)c1ccccc1. The van der Waals surface area contributed by atoms with Crippen molar-refractivity contribution in [3.63, 3.8) is 0 Å². The molecule has 3 aromatic rings. The summed E-state index contributed by atoms with van der Waals surface area (Å²) < 4.78 is 50.5. The molecule has 0 radical (unpaired) electrons. The highest BCUT2D eigenvalue weighted by Gasteiger charge is 2.21. The summed E-state index contributed by atoms with van der Waals surface area (Å²) in [5.41, 5.74) is -0.237. The second-order valence-corrected chi connectivity index (χ2v) is 7.16. The fourth-order valence-electron chi connectivity index (χ4n) is 1.94. The van der Waals surface area contributed by atoms with E-state index in [0.29, 0.717) is 4.88 Å². The largest absolute Gasteiger partial charge is 0.282 e. The molecule has 0 aliphatic rings. The van der Waals surface area contributed by atoms with Gasteiger partial charge in [0.05, 0.1) is 9.77 Å². The molecule has 120 valence electrons. The number of rotatable bonds is 5. The van der Waals surface area contributed by atoms with Gasteiger partial charge in [0, 0.05) is 0 Å². The van der Waals surface area contributed by atoms with Crippen molar-refractivity contribution < 1.29 is 17.2 Å². The Morgan fingerprint density at radius 1 is 1.13 bits per heavy atom. The van der Waals surface area contributed by atoms with Crippen LogP contribution in [0.2, 0.25) is 0 Å². The third-order valence-electron chi connectivity index (χ3n) is 2.99. The quantitative estimate of drug-likeness (QED) is 0.762. The lowest BCUT2D eigenvalue weighted by molar-refractivity contribution is 0.145. The van der Waals surface area contributed by atoms with Crippen molar-refractivity contribution in [3.05, 3.63) is 59.6 Å². The molecule has 0 aliphatic carbocycles. The molecule has 0 aliphatic heterocycles. The second kappa shape index (κ2) is 6.09. The van der Waals surface area contributed by atoms with Crippen molar-refractivity contribution in [1.29, 1.82) is 0 Å². The number of hydrogen-bond donors (Lipinski definition) is 1. The van der Waals surface area contributed by atoms with E-state index in [4.69, 9.17) is 0 Å². The number of aromatic nitrogens is 2. The molecular weight excluding hydrogens is 344 g/mol. The van der Waals surface area contributed by atoms with Crippen LogP contribution in [0.5, 0.6) is 0 Å². The fourth-order valence-corrected chi connectivity index (χ4v) is 3.66. The highest BCUT2D eigenvalue weighted by atomic mass is 32.2. The van der Waals surface area contributed by atoms with Crippen molar-refractivity contribution in [2.45, 2.75) is 11.3 Å². The van der Waals surface area contributed by atoms with E-state index < -0.39 is 22.1 Å². The summed E-state index contributed by atoms with van der Waals surface area (Å²) in [4.78, 5) is 3.73. The van der Waals surface area contributed by atoms with E-state index in [9.17, 15) is 17.2 Å².